The average Bonchev–Trinajstić information content (AvgIpc) is 2.46. The maximum Gasteiger partial charge on any atom is 0.119 e. The molecule has 4 nitrogen and oxygen atoms in total. The first-order valence-corrected chi connectivity index (χ1v) is 7.53. The Bertz CT molecular complexity index is 427. The molecule has 19 heavy (non-hydrogen) atoms. The maximum atomic E-state index is 9.42. The van der Waals surface area contributed by atoms with Crippen molar-refractivity contribution in [3.8, 4) is 5.75 Å². The minimum absolute atomic E-state index is 0.0465. The van der Waals surface area contributed by atoms with Gasteiger partial charge in [-0.25, -0.2) is 0 Å². The van der Waals surface area contributed by atoms with Gasteiger partial charge in [-0.1, -0.05) is 6.07 Å². The van der Waals surface area contributed by atoms with Crippen LogP contribution in [0.3, 0.4) is 0 Å². The summed E-state index contributed by atoms with van der Waals surface area (Å²) < 4.78 is 5.24. The van der Waals surface area contributed by atoms with Crippen LogP contribution in [0.5, 0.6) is 5.75 Å². The van der Waals surface area contributed by atoms with Crippen molar-refractivity contribution in [3.05, 3.63) is 29.3 Å². The van der Waals surface area contributed by atoms with Crippen LogP contribution in [-0.2, 0) is 6.42 Å². The van der Waals surface area contributed by atoms with Crippen LogP contribution in [0.4, 0.5) is 0 Å². The summed E-state index contributed by atoms with van der Waals surface area (Å²) >= 11 is 1.64. The van der Waals surface area contributed by atoms with Crippen LogP contribution in [0.25, 0.3) is 0 Å². The first kappa shape index (κ1) is 14.7. The van der Waals surface area contributed by atoms with Gasteiger partial charge in [-0.3, -0.25) is 0 Å². The Morgan fingerprint density at radius 1 is 1.53 bits per heavy atom. The highest BCUT2D eigenvalue weighted by Gasteiger charge is 2.27. The number of ether oxygens (including phenoxy) is 1. The fourth-order valence-electron chi connectivity index (χ4n) is 2.39. The number of nitrogens with two attached hydrogens (primary N) is 1. The molecule has 4 N–H and O–H groups in total. The third-order valence-corrected chi connectivity index (χ3v) is 5.06. The van der Waals surface area contributed by atoms with Crippen molar-refractivity contribution in [1.82, 2.24) is 0 Å². The Labute approximate surface area is 118 Å². The van der Waals surface area contributed by atoms with Crippen LogP contribution in [0.1, 0.15) is 23.6 Å². The summed E-state index contributed by atoms with van der Waals surface area (Å²) in [6.07, 6.45) is 1.34. The first-order valence-electron chi connectivity index (χ1n) is 6.48. The fourth-order valence-corrected chi connectivity index (χ4v) is 3.60. The number of hydrogen-bond acceptors (Lipinski definition) is 5. The lowest BCUT2D eigenvalue weighted by atomic mass is 9.87. The van der Waals surface area contributed by atoms with Crippen molar-refractivity contribution < 1.29 is 14.9 Å². The summed E-state index contributed by atoms with van der Waals surface area (Å²) in [5.41, 5.74) is 8.75. The van der Waals surface area contributed by atoms with Crippen LogP contribution in [-0.4, -0.2) is 41.0 Å². The maximum absolute atomic E-state index is 9.42. The largest absolute Gasteiger partial charge is 0.497 e. The Morgan fingerprint density at radius 3 is 3.00 bits per heavy atom. The number of fused-ring (bicyclic) bond motifs is 1. The monoisotopic (exact) mass is 283 g/mol. The molecule has 3 atom stereocenters. The van der Waals surface area contributed by atoms with Crippen molar-refractivity contribution in [2.24, 2.45) is 5.73 Å². The number of hydrogen-bond donors (Lipinski definition) is 3. The van der Waals surface area contributed by atoms with E-state index in [-0.39, 0.29) is 17.9 Å². The van der Waals surface area contributed by atoms with Crippen molar-refractivity contribution in [1.29, 1.82) is 0 Å². The molecule has 5 heteroatoms. The van der Waals surface area contributed by atoms with Crippen molar-refractivity contribution >= 4 is 11.8 Å². The molecule has 1 aliphatic rings. The van der Waals surface area contributed by atoms with E-state index in [0.29, 0.717) is 5.75 Å². The SMILES string of the molecule is COc1ccc2c(c1)C(N)C(SCC(O)CO)CC2. The third-order valence-electron chi connectivity index (χ3n) is 3.52. The molecule has 0 radical (unpaired) electrons. The lowest BCUT2D eigenvalue weighted by Gasteiger charge is -2.31. The van der Waals surface area contributed by atoms with Gasteiger partial charge in [0, 0.05) is 17.0 Å². The first-order chi connectivity index (χ1) is 9.15. The lowest BCUT2D eigenvalue weighted by Crippen LogP contribution is -2.31. The number of benzene rings is 1. The lowest BCUT2D eigenvalue weighted by molar-refractivity contribution is 0.113. The smallest absolute Gasteiger partial charge is 0.119 e. The predicted molar refractivity (Wildman–Crippen MR) is 77.6 cm³/mol. The number of aliphatic hydroxyl groups is 2. The number of methoxy groups -OCH3 is 1. The molecule has 106 valence electrons. The highest BCUT2D eigenvalue weighted by molar-refractivity contribution is 8.00. The van der Waals surface area contributed by atoms with Crippen LogP contribution >= 0.6 is 11.8 Å². The summed E-state index contributed by atoms with van der Waals surface area (Å²) in [5, 5.41) is 18.5. The standard InChI is InChI=1S/C14H21NO3S/c1-18-11-4-2-9-3-5-13(14(15)12(9)6-11)19-8-10(17)7-16/h2,4,6,10,13-14,16-17H,3,5,7-8,15H2,1H3. The minimum atomic E-state index is -0.663. The molecular formula is C14H21NO3S. The second-order valence-electron chi connectivity index (χ2n) is 4.84. The zero-order valence-corrected chi connectivity index (χ0v) is 11.9. The van der Waals surface area contributed by atoms with E-state index in [1.807, 2.05) is 12.1 Å². The van der Waals surface area contributed by atoms with E-state index in [9.17, 15) is 5.11 Å². The van der Waals surface area contributed by atoms with Crippen LogP contribution in [0.15, 0.2) is 18.2 Å². The molecule has 1 aliphatic carbocycles. The molecule has 1 aromatic carbocycles. The molecule has 3 unspecified atom stereocenters. The van der Waals surface area contributed by atoms with Crippen LogP contribution in [0.2, 0.25) is 0 Å². The molecule has 0 heterocycles. The highest BCUT2D eigenvalue weighted by Crippen LogP contribution is 2.37. The van der Waals surface area contributed by atoms with Gasteiger partial charge in [-0.15, -0.1) is 0 Å². The molecule has 0 bridgehead atoms. The summed E-state index contributed by atoms with van der Waals surface area (Å²) in [6.45, 7) is -0.195. The van der Waals surface area contributed by atoms with Gasteiger partial charge >= 0.3 is 0 Å². The summed E-state index contributed by atoms with van der Waals surface area (Å²) in [7, 11) is 1.65. The summed E-state index contributed by atoms with van der Waals surface area (Å²) in [5.74, 6) is 1.35. The topological polar surface area (TPSA) is 75.7 Å². The van der Waals surface area contributed by atoms with Crippen molar-refractivity contribution in [2.45, 2.75) is 30.2 Å². The normalized spacial score (nSPS) is 23.8. The van der Waals surface area contributed by atoms with E-state index >= 15 is 0 Å². The number of thioether (sulfide) groups is 1. The Hall–Kier alpha value is -0.750. The molecule has 0 fully saturated rings. The minimum Gasteiger partial charge on any atom is -0.497 e. The molecule has 0 saturated heterocycles. The van der Waals surface area contributed by atoms with E-state index in [2.05, 4.69) is 6.07 Å². The van der Waals surface area contributed by atoms with Crippen molar-refractivity contribution in [3.63, 3.8) is 0 Å². The Kier molecular flexibility index (Phi) is 5.10. The van der Waals surface area contributed by atoms with E-state index in [1.165, 1.54) is 5.56 Å². The van der Waals surface area contributed by atoms with Gasteiger partial charge in [-0.05, 0) is 36.1 Å². The second kappa shape index (κ2) is 6.61. The van der Waals surface area contributed by atoms with Gasteiger partial charge in [0.1, 0.15) is 5.75 Å². The van der Waals surface area contributed by atoms with Crippen molar-refractivity contribution in [2.75, 3.05) is 19.5 Å². The second-order valence-corrected chi connectivity index (χ2v) is 6.11. The zero-order valence-electron chi connectivity index (χ0n) is 11.1. The fraction of sp³-hybridized carbons (Fsp3) is 0.571. The van der Waals surface area contributed by atoms with Gasteiger partial charge in [0.05, 0.1) is 19.8 Å². The molecule has 0 aromatic heterocycles. The Balaban J connectivity index is 2.07. The van der Waals surface area contributed by atoms with Gasteiger partial charge in [0.25, 0.3) is 0 Å². The molecular weight excluding hydrogens is 262 g/mol. The van der Waals surface area contributed by atoms with Gasteiger partial charge < -0.3 is 20.7 Å². The van der Waals surface area contributed by atoms with Gasteiger partial charge in [-0.2, -0.15) is 11.8 Å². The van der Waals surface area contributed by atoms with Gasteiger partial charge in [0.2, 0.25) is 0 Å². The molecule has 0 saturated carbocycles. The molecule has 0 aliphatic heterocycles. The number of aliphatic hydroxyl groups excluding tert-OH is 2. The van der Waals surface area contributed by atoms with E-state index in [0.717, 1.165) is 24.2 Å². The average molecular weight is 283 g/mol. The van der Waals surface area contributed by atoms with E-state index in [1.54, 1.807) is 18.9 Å². The molecule has 1 aromatic rings. The predicted octanol–water partition coefficient (Wildman–Crippen LogP) is 1.10. The molecule has 0 spiro atoms. The number of rotatable bonds is 5. The van der Waals surface area contributed by atoms with E-state index < -0.39 is 6.10 Å². The summed E-state index contributed by atoms with van der Waals surface area (Å²) in [6, 6.07) is 6.01. The molecule has 2 rings (SSSR count). The zero-order chi connectivity index (χ0) is 13.8. The quantitative estimate of drug-likeness (QED) is 0.754. The van der Waals surface area contributed by atoms with Gasteiger partial charge in [0.15, 0.2) is 0 Å². The number of aryl methyl sites for hydroxylation is 1. The van der Waals surface area contributed by atoms with Crippen LogP contribution < -0.4 is 10.5 Å². The third kappa shape index (κ3) is 3.42. The highest BCUT2D eigenvalue weighted by atomic mass is 32.2. The Morgan fingerprint density at radius 2 is 2.32 bits per heavy atom. The summed E-state index contributed by atoms with van der Waals surface area (Å²) in [4.78, 5) is 0. The van der Waals surface area contributed by atoms with E-state index in [4.69, 9.17) is 15.6 Å². The molecule has 0 amide bonds. The van der Waals surface area contributed by atoms with Crippen LogP contribution in [0, 0.1) is 0 Å².